The van der Waals surface area contributed by atoms with Crippen molar-refractivity contribution in [3.8, 4) is 0 Å². The van der Waals surface area contributed by atoms with Crippen molar-refractivity contribution < 1.29 is 9.50 Å². The lowest BCUT2D eigenvalue weighted by molar-refractivity contribution is -0.0130. The van der Waals surface area contributed by atoms with Crippen molar-refractivity contribution in [1.82, 2.24) is 0 Å². The average Bonchev–Trinajstić information content (AvgIpc) is 2.24. The number of hydrogen-bond acceptors (Lipinski definition) is 1. The maximum Gasteiger partial charge on any atom is 0.145 e. The minimum atomic E-state index is -0.761. The molecule has 2 unspecified atom stereocenters. The molecular formula is C14H18ClFO. The van der Waals surface area contributed by atoms with E-state index in [4.69, 9.17) is 11.6 Å². The molecule has 1 aliphatic rings. The van der Waals surface area contributed by atoms with Crippen LogP contribution in [0.4, 0.5) is 4.39 Å². The molecule has 1 saturated carbocycles. The summed E-state index contributed by atoms with van der Waals surface area (Å²) in [6, 6.07) is 4.97. The first-order chi connectivity index (χ1) is 8.00. The second-order valence-electron chi connectivity index (χ2n) is 5.32. The minimum Gasteiger partial charge on any atom is -0.390 e. The molecule has 0 spiro atoms. The van der Waals surface area contributed by atoms with Crippen molar-refractivity contribution in [2.75, 3.05) is 0 Å². The van der Waals surface area contributed by atoms with Crippen LogP contribution in [0.1, 0.15) is 38.2 Å². The largest absolute Gasteiger partial charge is 0.390 e. The SMILES string of the molecule is CC1CCCC(O)(Cc2cccc(Cl)c2F)C1. The van der Waals surface area contributed by atoms with Crippen molar-refractivity contribution in [2.45, 2.75) is 44.6 Å². The van der Waals surface area contributed by atoms with E-state index in [0.29, 0.717) is 17.9 Å². The van der Waals surface area contributed by atoms with Gasteiger partial charge in [0, 0.05) is 6.42 Å². The molecule has 3 heteroatoms. The van der Waals surface area contributed by atoms with Crippen LogP contribution >= 0.6 is 11.6 Å². The summed E-state index contributed by atoms with van der Waals surface area (Å²) in [6.45, 7) is 2.14. The second kappa shape index (κ2) is 4.95. The van der Waals surface area contributed by atoms with Gasteiger partial charge in [-0.25, -0.2) is 4.39 Å². The molecule has 17 heavy (non-hydrogen) atoms. The quantitative estimate of drug-likeness (QED) is 0.849. The molecule has 1 aromatic rings. The zero-order valence-corrected chi connectivity index (χ0v) is 10.8. The second-order valence-corrected chi connectivity index (χ2v) is 5.72. The predicted octanol–water partition coefficient (Wildman–Crippen LogP) is 3.96. The Morgan fingerprint density at radius 1 is 1.53 bits per heavy atom. The van der Waals surface area contributed by atoms with Crippen LogP contribution in [-0.4, -0.2) is 10.7 Å². The lowest BCUT2D eigenvalue weighted by Gasteiger charge is -2.35. The summed E-state index contributed by atoms with van der Waals surface area (Å²) in [5.41, 5.74) is -0.238. The normalized spacial score (nSPS) is 29.3. The lowest BCUT2D eigenvalue weighted by Crippen LogP contribution is -2.37. The Kier molecular flexibility index (Phi) is 3.74. The first kappa shape index (κ1) is 12.8. The number of hydrogen-bond donors (Lipinski definition) is 1. The van der Waals surface area contributed by atoms with E-state index < -0.39 is 5.60 Å². The third kappa shape index (κ3) is 2.99. The monoisotopic (exact) mass is 256 g/mol. The molecule has 1 aliphatic carbocycles. The van der Waals surface area contributed by atoms with Gasteiger partial charge in [-0.15, -0.1) is 0 Å². The highest BCUT2D eigenvalue weighted by Crippen LogP contribution is 2.35. The van der Waals surface area contributed by atoms with Gasteiger partial charge in [-0.2, -0.15) is 0 Å². The first-order valence-corrected chi connectivity index (χ1v) is 6.53. The fraction of sp³-hybridized carbons (Fsp3) is 0.571. The Balaban J connectivity index is 2.17. The number of halogens is 2. The molecule has 0 bridgehead atoms. The molecule has 0 aromatic heterocycles. The van der Waals surface area contributed by atoms with Gasteiger partial charge in [0.15, 0.2) is 0 Å². The van der Waals surface area contributed by atoms with Crippen molar-refractivity contribution in [3.05, 3.63) is 34.6 Å². The standard InChI is InChI=1S/C14H18ClFO/c1-10-4-3-7-14(17,8-10)9-11-5-2-6-12(15)13(11)16/h2,5-6,10,17H,3-4,7-9H2,1H3. The van der Waals surface area contributed by atoms with Gasteiger partial charge < -0.3 is 5.11 Å². The maximum absolute atomic E-state index is 13.8. The molecule has 1 fully saturated rings. The smallest absolute Gasteiger partial charge is 0.145 e. The number of rotatable bonds is 2. The fourth-order valence-corrected chi connectivity index (χ4v) is 3.03. The molecular weight excluding hydrogens is 239 g/mol. The Morgan fingerprint density at radius 3 is 3.00 bits per heavy atom. The number of benzene rings is 1. The van der Waals surface area contributed by atoms with Crippen molar-refractivity contribution in [1.29, 1.82) is 0 Å². The van der Waals surface area contributed by atoms with E-state index in [1.165, 1.54) is 6.07 Å². The van der Waals surface area contributed by atoms with E-state index in [2.05, 4.69) is 6.92 Å². The van der Waals surface area contributed by atoms with Crippen molar-refractivity contribution in [2.24, 2.45) is 5.92 Å². The van der Waals surface area contributed by atoms with Gasteiger partial charge in [0.05, 0.1) is 10.6 Å². The van der Waals surface area contributed by atoms with Gasteiger partial charge >= 0.3 is 0 Å². The van der Waals surface area contributed by atoms with Crippen LogP contribution in [0.15, 0.2) is 18.2 Å². The van der Waals surface area contributed by atoms with Crippen LogP contribution in [0, 0.1) is 11.7 Å². The van der Waals surface area contributed by atoms with E-state index in [9.17, 15) is 9.50 Å². The van der Waals surface area contributed by atoms with Gasteiger partial charge in [0.1, 0.15) is 5.82 Å². The Bertz CT molecular complexity index is 407. The van der Waals surface area contributed by atoms with Crippen LogP contribution < -0.4 is 0 Å². The Morgan fingerprint density at radius 2 is 2.29 bits per heavy atom. The summed E-state index contributed by atoms with van der Waals surface area (Å²) in [5.74, 6) is 0.122. The molecule has 1 N–H and O–H groups in total. The molecule has 0 amide bonds. The zero-order chi connectivity index (χ0) is 12.5. The summed E-state index contributed by atoms with van der Waals surface area (Å²) < 4.78 is 13.8. The van der Waals surface area contributed by atoms with Crippen molar-refractivity contribution >= 4 is 11.6 Å². The third-order valence-corrected chi connectivity index (χ3v) is 3.91. The van der Waals surface area contributed by atoms with Gasteiger partial charge in [-0.05, 0) is 30.4 Å². The summed E-state index contributed by atoms with van der Waals surface area (Å²) >= 11 is 5.75. The summed E-state index contributed by atoms with van der Waals surface area (Å²) in [6.07, 6.45) is 4.03. The topological polar surface area (TPSA) is 20.2 Å². The molecule has 1 nitrogen and oxygen atoms in total. The van der Waals surface area contributed by atoms with E-state index in [1.807, 2.05) is 0 Å². The van der Waals surface area contributed by atoms with Crippen molar-refractivity contribution in [3.63, 3.8) is 0 Å². The van der Waals surface area contributed by atoms with Gasteiger partial charge in [-0.3, -0.25) is 0 Å². The lowest BCUT2D eigenvalue weighted by atomic mass is 9.76. The predicted molar refractivity (Wildman–Crippen MR) is 67.7 cm³/mol. The third-order valence-electron chi connectivity index (χ3n) is 3.62. The highest BCUT2D eigenvalue weighted by Gasteiger charge is 2.33. The van der Waals surface area contributed by atoms with E-state index in [-0.39, 0.29) is 10.8 Å². The molecule has 1 aromatic carbocycles. The summed E-state index contributed by atoms with van der Waals surface area (Å²) in [5, 5.41) is 10.6. The summed E-state index contributed by atoms with van der Waals surface area (Å²) in [7, 11) is 0. The van der Waals surface area contributed by atoms with Crippen LogP contribution in [-0.2, 0) is 6.42 Å². The maximum atomic E-state index is 13.8. The zero-order valence-electron chi connectivity index (χ0n) is 10.0. The minimum absolute atomic E-state index is 0.134. The van der Waals surface area contributed by atoms with Gasteiger partial charge in [0.25, 0.3) is 0 Å². The van der Waals surface area contributed by atoms with E-state index in [1.54, 1.807) is 12.1 Å². The van der Waals surface area contributed by atoms with Crippen LogP contribution in [0.5, 0.6) is 0 Å². The fourth-order valence-electron chi connectivity index (χ4n) is 2.83. The van der Waals surface area contributed by atoms with E-state index in [0.717, 1.165) is 25.7 Å². The highest BCUT2D eigenvalue weighted by atomic mass is 35.5. The Hall–Kier alpha value is -0.600. The first-order valence-electron chi connectivity index (χ1n) is 6.15. The van der Waals surface area contributed by atoms with Gasteiger partial charge in [-0.1, -0.05) is 43.5 Å². The van der Waals surface area contributed by atoms with Crippen LogP contribution in [0.2, 0.25) is 5.02 Å². The molecule has 0 heterocycles. The van der Waals surface area contributed by atoms with Crippen LogP contribution in [0.25, 0.3) is 0 Å². The molecule has 0 saturated heterocycles. The van der Waals surface area contributed by atoms with Gasteiger partial charge in [0.2, 0.25) is 0 Å². The molecule has 2 rings (SSSR count). The molecule has 2 atom stereocenters. The number of aliphatic hydroxyl groups is 1. The molecule has 0 aliphatic heterocycles. The summed E-state index contributed by atoms with van der Waals surface area (Å²) in [4.78, 5) is 0. The van der Waals surface area contributed by atoms with Crippen LogP contribution in [0.3, 0.4) is 0 Å². The molecule has 0 radical (unpaired) electrons. The average molecular weight is 257 g/mol. The van der Waals surface area contributed by atoms with E-state index >= 15 is 0 Å². The highest BCUT2D eigenvalue weighted by molar-refractivity contribution is 6.30. The molecule has 94 valence electrons. The Labute approximate surface area is 107 Å².